The first-order chi connectivity index (χ1) is 21.2. The summed E-state index contributed by atoms with van der Waals surface area (Å²) in [6.45, 7) is 2.54. The van der Waals surface area contributed by atoms with E-state index in [4.69, 9.17) is 19.7 Å². The number of ether oxygens (including phenoxy) is 2. The van der Waals surface area contributed by atoms with E-state index in [1.165, 1.54) is 43.5 Å². The molecule has 4 rings (SSSR count). The number of amides is 2. The van der Waals surface area contributed by atoms with Crippen molar-refractivity contribution in [2.75, 3.05) is 12.4 Å². The Balaban J connectivity index is 0.000000260. The van der Waals surface area contributed by atoms with Crippen LogP contribution in [0.4, 0.5) is 15.3 Å². The summed E-state index contributed by atoms with van der Waals surface area (Å²) in [5.74, 6) is 0.724. The lowest BCUT2D eigenvalue weighted by molar-refractivity contribution is 0.202. The molecule has 0 aliphatic heterocycles. The molecule has 0 aliphatic rings. The van der Waals surface area contributed by atoms with Crippen molar-refractivity contribution in [1.82, 2.24) is 5.32 Å². The molecule has 0 heterocycles. The topological polar surface area (TPSA) is 176 Å². The van der Waals surface area contributed by atoms with E-state index in [1.54, 1.807) is 30.3 Å². The normalized spacial score (nSPS) is 9.23. The molecule has 0 bridgehead atoms. The van der Waals surface area contributed by atoms with E-state index in [9.17, 15) is 19.2 Å². The fraction of sp³-hybridized carbons (Fsp3) is 0.125. The van der Waals surface area contributed by atoms with Crippen molar-refractivity contribution in [1.29, 1.82) is 0 Å². The smallest absolute Gasteiger partial charge is 0.417 e. The van der Waals surface area contributed by atoms with Crippen molar-refractivity contribution in [3.05, 3.63) is 114 Å². The molecule has 2 amide bonds. The molecule has 0 aliphatic carbocycles. The molecule has 4 aromatic carbocycles. The number of hydrogen-bond acceptors (Lipinski definition) is 10. The summed E-state index contributed by atoms with van der Waals surface area (Å²) >= 11 is 0. The van der Waals surface area contributed by atoms with Gasteiger partial charge in [0, 0.05) is 24.9 Å². The van der Waals surface area contributed by atoms with Crippen LogP contribution in [-0.2, 0) is 22.7 Å². The van der Waals surface area contributed by atoms with Crippen molar-refractivity contribution >= 4 is 30.0 Å². The van der Waals surface area contributed by atoms with Gasteiger partial charge in [0.2, 0.25) is 12.2 Å². The highest BCUT2D eigenvalue weighted by molar-refractivity contribution is 5.86. The molecule has 226 valence electrons. The summed E-state index contributed by atoms with van der Waals surface area (Å²) in [7, 11) is 1.46. The molecule has 0 saturated heterocycles. The number of nitrogens with zero attached hydrogens (tertiary/aromatic N) is 2. The first kappa shape index (κ1) is 34.0. The molecule has 4 aromatic rings. The van der Waals surface area contributed by atoms with Crippen LogP contribution in [0.2, 0.25) is 0 Å². The summed E-state index contributed by atoms with van der Waals surface area (Å²) in [5.41, 5.74) is 3.46. The zero-order chi connectivity index (χ0) is 32.2. The number of carbonyl (C=O) groups is 2. The number of aliphatic imine (C=N–C) groups is 2. The number of nitrogens with one attached hydrogen (secondary N) is 2. The average molecular weight is 599 g/mol. The molecular weight excluding hydrogens is 568 g/mol. The molecule has 0 fully saturated rings. The number of aryl methyl sites for hydroxylation is 1. The van der Waals surface area contributed by atoms with Gasteiger partial charge in [0.1, 0.15) is 23.0 Å². The molecule has 4 N–H and O–H groups in total. The van der Waals surface area contributed by atoms with Gasteiger partial charge in [0.05, 0.1) is 13.1 Å². The van der Waals surface area contributed by atoms with Crippen LogP contribution in [0.1, 0.15) is 16.7 Å². The molecule has 0 atom stereocenters. The number of benzene rings is 4. The van der Waals surface area contributed by atoms with Crippen molar-refractivity contribution in [3.8, 4) is 23.0 Å². The number of anilines is 1. The van der Waals surface area contributed by atoms with Gasteiger partial charge < -0.3 is 25.0 Å². The maximum absolute atomic E-state index is 11.8. The quantitative estimate of drug-likeness (QED) is 0.153. The monoisotopic (exact) mass is 598 g/mol. The van der Waals surface area contributed by atoms with Gasteiger partial charge in [-0.1, -0.05) is 48.5 Å². The zero-order valence-corrected chi connectivity index (χ0v) is 23.9. The minimum Gasteiger partial charge on any atom is -0.508 e. The number of phenols is 2. The third-order valence-electron chi connectivity index (χ3n) is 5.17. The number of rotatable bonds is 7. The molecular formula is C32H30N4O8. The summed E-state index contributed by atoms with van der Waals surface area (Å²) in [6, 6.07) is 26.8. The zero-order valence-electron chi connectivity index (χ0n) is 23.9. The van der Waals surface area contributed by atoms with Gasteiger partial charge in [-0.2, -0.15) is 0 Å². The number of phenolic OH excluding ortho intramolecular Hbond substituents is 2. The Bertz CT molecular complexity index is 1580. The van der Waals surface area contributed by atoms with Crippen LogP contribution in [0.25, 0.3) is 0 Å². The van der Waals surface area contributed by atoms with E-state index in [1.807, 2.05) is 49.4 Å². The number of carbonyl (C=O) groups excluding carboxylic acids is 4. The first-order valence-electron chi connectivity index (χ1n) is 12.9. The predicted octanol–water partition coefficient (Wildman–Crippen LogP) is 5.78. The van der Waals surface area contributed by atoms with E-state index < -0.39 is 12.2 Å². The highest BCUT2D eigenvalue weighted by Crippen LogP contribution is 2.20. The number of aromatic hydroxyl groups is 2. The molecule has 12 heteroatoms. The van der Waals surface area contributed by atoms with Gasteiger partial charge in [-0.05, 0) is 60.0 Å². The van der Waals surface area contributed by atoms with Crippen LogP contribution in [0.15, 0.2) is 107 Å². The van der Waals surface area contributed by atoms with Crippen LogP contribution < -0.4 is 20.1 Å². The van der Waals surface area contributed by atoms with E-state index in [0.717, 1.165) is 16.7 Å². The van der Waals surface area contributed by atoms with E-state index >= 15 is 0 Å². The van der Waals surface area contributed by atoms with Gasteiger partial charge in [-0.3, -0.25) is 5.32 Å². The molecule has 0 unspecified atom stereocenters. The second kappa shape index (κ2) is 19.0. The van der Waals surface area contributed by atoms with Crippen LogP contribution >= 0.6 is 0 Å². The number of hydrogen-bond donors (Lipinski definition) is 4. The molecule has 44 heavy (non-hydrogen) atoms. The van der Waals surface area contributed by atoms with Crippen molar-refractivity contribution < 1.29 is 38.9 Å². The predicted molar refractivity (Wildman–Crippen MR) is 162 cm³/mol. The standard InChI is InChI=1S/C16H16N2O4.C10H8N2O2.C6H6O2/c1-11-5-3-6-12(9-11)18-16(20)22-14-8-4-7-13(10-14)21-15(19)17-2;13-7-11-5-9-2-1-3-10(4-9)6-12-8-14;7-5-2-1-3-6(8)4-5/h3-10H,1-2H3,(H,17,19)(H,18,20);1-4H,5-6H2;1-4,7-8H. The third-order valence-corrected chi connectivity index (χ3v) is 5.17. The van der Waals surface area contributed by atoms with E-state index in [2.05, 4.69) is 20.6 Å². The molecule has 12 nitrogen and oxygen atoms in total. The maximum Gasteiger partial charge on any atom is 0.417 e. The lowest BCUT2D eigenvalue weighted by Gasteiger charge is -2.08. The Morgan fingerprint density at radius 3 is 1.73 bits per heavy atom. The van der Waals surface area contributed by atoms with Crippen LogP contribution in [0.3, 0.4) is 0 Å². The van der Waals surface area contributed by atoms with Gasteiger partial charge in [0.25, 0.3) is 0 Å². The van der Waals surface area contributed by atoms with Gasteiger partial charge in [0.15, 0.2) is 0 Å². The summed E-state index contributed by atoms with van der Waals surface area (Å²) in [4.78, 5) is 49.6. The Labute approximate surface area is 253 Å². The van der Waals surface area contributed by atoms with E-state index in [-0.39, 0.29) is 23.0 Å². The van der Waals surface area contributed by atoms with Crippen molar-refractivity contribution in [2.45, 2.75) is 20.0 Å². The highest BCUT2D eigenvalue weighted by Gasteiger charge is 2.08. The Hall–Kier alpha value is -6.22. The summed E-state index contributed by atoms with van der Waals surface area (Å²) in [5, 5.41) is 22.3. The lowest BCUT2D eigenvalue weighted by Crippen LogP contribution is -2.22. The second-order valence-electron chi connectivity index (χ2n) is 8.65. The Morgan fingerprint density at radius 1 is 0.705 bits per heavy atom. The Kier molecular flexibility index (Phi) is 14.7. The van der Waals surface area contributed by atoms with Crippen LogP contribution in [0, 0.1) is 6.92 Å². The Morgan fingerprint density at radius 2 is 1.23 bits per heavy atom. The van der Waals surface area contributed by atoms with Crippen molar-refractivity contribution in [3.63, 3.8) is 0 Å². The minimum absolute atomic E-state index is 0.0880. The molecule has 0 saturated carbocycles. The fourth-order valence-corrected chi connectivity index (χ4v) is 3.30. The van der Waals surface area contributed by atoms with Gasteiger partial charge in [-0.15, -0.1) is 0 Å². The second-order valence-corrected chi connectivity index (χ2v) is 8.65. The molecule has 0 aromatic heterocycles. The van der Waals surface area contributed by atoms with Gasteiger partial charge in [-0.25, -0.2) is 29.2 Å². The lowest BCUT2D eigenvalue weighted by atomic mass is 10.1. The third kappa shape index (κ3) is 13.9. The minimum atomic E-state index is -0.623. The fourth-order valence-electron chi connectivity index (χ4n) is 3.30. The summed E-state index contributed by atoms with van der Waals surface area (Å²) < 4.78 is 10.1. The SMILES string of the molecule is CNC(=O)Oc1cccc(OC(=O)Nc2cccc(C)c2)c1.O=C=NCc1cccc(CN=C=O)c1.Oc1cccc(O)c1. The number of isocyanates is 2. The molecule has 0 spiro atoms. The summed E-state index contributed by atoms with van der Waals surface area (Å²) in [6.07, 6.45) is 1.72. The van der Waals surface area contributed by atoms with Crippen LogP contribution in [0.5, 0.6) is 23.0 Å². The van der Waals surface area contributed by atoms with Gasteiger partial charge >= 0.3 is 12.2 Å². The molecule has 0 radical (unpaired) electrons. The highest BCUT2D eigenvalue weighted by atomic mass is 16.6. The van der Waals surface area contributed by atoms with Crippen molar-refractivity contribution in [2.24, 2.45) is 9.98 Å². The first-order valence-corrected chi connectivity index (χ1v) is 12.9. The average Bonchev–Trinajstić information content (AvgIpc) is 3.00. The maximum atomic E-state index is 11.8. The largest absolute Gasteiger partial charge is 0.508 e. The van der Waals surface area contributed by atoms with Crippen LogP contribution in [-0.4, -0.2) is 41.6 Å². The van der Waals surface area contributed by atoms with E-state index in [0.29, 0.717) is 18.8 Å².